The summed E-state index contributed by atoms with van der Waals surface area (Å²) in [6, 6.07) is 12.0. The first-order valence-electron chi connectivity index (χ1n) is 18.0. The summed E-state index contributed by atoms with van der Waals surface area (Å²) in [6.45, 7) is 8.01. The van der Waals surface area contributed by atoms with Crippen LogP contribution in [0.1, 0.15) is 57.7 Å². The van der Waals surface area contributed by atoms with Crippen LogP contribution < -0.4 is 36.1 Å². The predicted octanol–water partition coefficient (Wildman–Crippen LogP) is 3.54. The highest BCUT2D eigenvalue weighted by Gasteiger charge is 2.32. The Kier molecular flexibility index (Phi) is 14.2. The first kappa shape index (κ1) is 42.4. The fourth-order valence-corrected chi connectivity index (χ4v) is 5.84. The number of nitro benzene ring substituents is 1. The second-order valence-corrected chi connectivity index (χ2v) is 14.6. The van der Waals surface area contributed by atoms with E-state index < -0.39 is 70.6 Å². The highest BCUT2D eigenvalue weighted by atomic mass is 16.6. The Morgan fingerprint density at radius 1 is 1.02 bits per heavy atom. The van der Waals surface area contributed by atoms with Crippen molar-refractivity contribution in [1.82, 2.24) is 26.6 Å². The number of nitrogens with one attached hydrogen (secondary N) is 5. The number of aromatic hydroxyl groups is 1. The molecule has 0 aliphatic carbocycles. The molecule has 0 saturated carbocycles. The fraction of sp³-hybridized carbons (Fsp3) is 0.410. The summed E-state index contributed by atoms with van der Waals surface area (Å²) in [4.78, 5) is 78.5. The number of methoxy groups -OCH3 is 1. The number of hydrogen-bond donors (Lipinski definition) is 6. The summed E-state index contributed by atoms with van der Waals surface area (Å²) < 4.78 is 16.4. The molecule has 3 atom stereocenters. The normalized spacial score (nSPS) is 16.4. The molecule has 2 aliphatic rings. The van der Waals surface area contributed by atoms with Gasteiger partial charge in [-0.3, -0.25) is 29.3 Å². The molecule has 17 heteroatoms. The van der Waals surface area contributed by atoms with Crippen LogP contribution in [0.15, 0.2) is 60.7 Å². The number of hydrogen-bond acceptors (Lipinski definition) is 11. The monoisotopic (exact) mass is 776 g/mol. The van der Waals surface area contributed by atoms with Crippen LogP contribution in [0.5, 0.6) is 23.0 Å². The molecule has 0 fully saturated rings. The van der Waals surface area contributed by atoms with E-state index in [1.54, 1.807) is 51.1 Å². The molecule has 5 amide bonds. The van der Waals surface area contributed by atoms with Crippen LogP contribution in [-0.2, 0) is 43.3 Å². The molecule has 0 aromatic heterocycles. The number of rotatable bonds is 11. The smallest absolute Gasteiger partial charge is 0.408 e. The Hall–Kier alpha value is -6.39. The van der Waals surface area contributed by atoms with E-state index in [-0.39, 0.29) is 60.3 Å². The molecular formula is C39H48N6O11. The van der Waals surface area contributed by atoms with Crippen LogP contribution in [0.2, 0.25) is 0 Å². The SMILES string of the molecule is COc1c(O)cc2cc1Oc1ccc(cc1[N+](=O)[O-])C[C@@H](NC(=O)[C@@H](CC(C)C)NC(=O)CNC(=O)OC(C)(C)C)C(=O)N[C@@H](Cc1ccccc1)C(=O)NC2. The Morgan fingerprint density at radius 3 is 2.38 bits per heavy atom. The lowest BCUT2D eigenvalue weighted by Gasteiger charge is -2.26. The molecule has 0 radical (unpaired) electrons. The number of carbonyl (C=O) groups is 5. The van der Waals surface area contributed by atoms with E-state index >= 15 is 0 Å². The summed E-state index contributed by atoms with van der Waals surface area (Å²) in [5.41, 5.74) is 0.0301. The van der Waals surface area contributed by atoms with Gasteiger partial charge in [0.2, 0.25) is 35.1 Å². The van der Waals surface area contributed by atoms with E-state index in [1.165, 1.54) is 37.4 Å². The maximum Gasteiger partial charge on any atom is 0.408 e. The predicted molar refractivity (Wildman–Crippen MR) is 203 cm³/mol. The van der Waals surface area contributed by atoms with E-state index in [9.17, 15) is 39.2 Å². The molecule has 300 valence electrons. The van der Waals surface area contributed by atoms with Gasteiger partial charge in [-0.05, 0) is 68.0 Å². The van der Waals surface area contributed by atoms with Gasteiger partial charge in [0.1, 0.15) is 30.3 Å². The Morgan fingerprint density at radius 2 is 1.73 bits per heavy atom. The zero-order chi connectivity index (χ0) is 41.2. The summed E-state index contributed by atoms with van der Waals surface area (Å²) in [6.07, 6.45) is -0.905. The van der Waals surface area contributed by atoms with Crippen molar-refractivity contribution in [1.29, 1.82) is 0 Å². The van der Waals surface area contributed by atoms with Gasteiger partial charge in [0.15, 0.2) is 11.5 Å². The van der Waals surface area contributed by atoms with Crippen molar-refractivity contribution in [3.8, 4) is 23.0 Å². The summed E-state index contributed by atoms with van der Waals surface area (Å²) in [5, 5.41) is 36.1. The lowest BCUT2D eigenvalue weighted by molar-refractivity contribution is -0.385. The second kappa shape index (κ2) is 18.8. The third-order valence-electron chi connectivity index (χ3n) is 8.35. The number of phenols is 1. The Bertz CT molecular complexity index is 1930. The van der Waals surface area contributed by atoms with Crippen molar-refractivity contribution in [3.05, 3.63) is 87.5 Å². The Labute approximate surface area is 324 Å². The van der Waals surface area contributed by atoms with Gasteiger partial charge in [0.25, 0.3) is 0 Å². The lowest BCUT2D eigenvalue weighted by atomic mass is 9.99. The first-order chi connectivity index (χ1) is 26.4. The zero-order valence-electron chi connectivity index (χ0n) is 32.1. The Balaban J connectivity index is 1.71. The molecule has 3 aromatic rings. The van der Waals surface area contributed by atoms with Crippen LogP contribution in [-0.4, -0.2) is 77.1 Å². The standard InChI is InChI=1S/C39H48N6O11/c1-22(2)14-26(42-33(47)21-41-38(51)56-39(3,4)5)36(49)44-28-16-24-12-13-31(29(17-24)45(52)53)55-32-19-25(18-30(46)34(32)54-6)20-40-35(48)27(43-37(28)50)15-23-10-8-7-9-11-23/h7-13,17-19,22,26-28,46H,14-16,20-21H2,1-6H3,(H,40,48)(H,41,51)(H,42,47)(H,43,50)(H,44,49)/t26-,27+,28-/m1/s1. The van der Waals surface area contributed by atoms with Crippen molar-refractivity contribution >= 4 is 35.4 Å². The van der Waals surface area contributed by atoms with Gasteiger partial charge in [0.05, 0.1) is 12.0 Å². The van der Waals surface area contributed by atoms with Gasteiger partial charge in [-0.2, -0.15) is 0 Å². The molecule has 4 bridgehead atoms. The van der Waals surface area contributed by atoms with Crippen molar-refractivity contribution in [2.75, 3.05) is 13.7 Å². The molecule has 0 spiro atoms. The average molecular weight is 777 g/mol. The number of benzene rings is 3. The molecule has 6 N–H and O–H groups in total. The fourth-order valence-electron chi connectivity index (χ4n) is 5.84. The summed E-state index contributed by atoms with van der Waals surface area (Å²) >= 11 is 0. The molecule has 3 aromatic carbocycles. The molecule has 56 heavy (non-hydrogen) atoms. The summed E-state index contributed by atoms with van der Waals surface area (Å²) in [7, 11) is 1.29. The highest BCUT2D eigenvalue weighted by Crippen LogP contribution is 2.42. The van der Waals surface area contributed by atoms with Crippen molar-refractivity contribution in [2.45, 2.75) is 84.2 Å². The topological polar surface area (TPSA) is 237 Å². The molecule has 17 nitrogen and oxygen atoms in total. The van der Waals surface area contributed by atoms with E-state index in [0.717, 1.165) is 0 Å². The van der Waals surface area contributed by atoms with E-state index in [0.29, 0.717) is 11.1 Å². The van der Waals surface area contributed by atoms with Gasteiger partial charge < -0.3 is 45.9 Å². The molecular weight excluding hydrogens is 728 g/mol. The van der Waals surface area contributed by atoms with E-state index in [2.05, 4.69) is 26.6 Å². The van der Waals surface area contributed by atoms with Gasteiger partial charge in [0, 0.05) is 25.5 Å². The van der Waals surface area contributed by atoms with Gasteiger partial charge in [-0.25, -0.2) is 4.79 Å². The largest absolute Gasteiger partial charge is 0.504 e. The minimum atomic E-state index is -1.40. The third kappa shape index (κ3) is 12.3. The molecule has 2 aliphatic heterocycles. The van der Waals surface area contributed by atoms with Gasteiger partial charge in [-0.1, -0.05) is 50.2 Å². The number of nitrogens with zero attached hydrogens (tertiary/aromatic N) is 1. The number of fused-ring (bicyclic) bond motifs is 9. The van der Waals surface area contributed by atoms with Crippen LogP contribution >= 0.6 is 0 Å². The van der Waals surface area contributed by atoms with Gasteiger partial charge >= 0.3 is 11.8 Å². The lowest BCUT2D eigenvalue weighted by Crippen LogP contribution is -2.58. The minimum absolute atomic E-state index is 0.0537. The zero-order valence-corrected chi connectivity index (χ0v) is 32.1. The molecule has 0 saturated heterocycles. The third-order valence-corrected chi connectivity index (χ3v) is 8.35. The van der Waals surface area contributed by atoms with Crippen molar-refractivity contribution < 1.29 is 48.2 Å². The molecule has 0 unspecified atom stereocenters. The van der Waals surface area contributed by atoms with E-state index in [1.807, 2.05) is 13.8 Å². The second-order valence-electron chi connectivity index (χ2n) is 14.6. The maximum atomic E-state index is 14.2. The maximum absolute atomic E-state index is 14.2. The number of phenolic OH excluding ortho intramolecular Hbond substituents is 1. The minimum Gasteiger partial charge on any atom is -0.504 e. The van der Waals surface area contributed by atoms with Crippen molar-refractivity contribution in [2.24, 2.45) is 5.92 Å². The van der Waals surface area contributed by atoms with Crippen LogP contribution in [0.25, 0.3) is 0 Å². The number of carbonyl (C=O) groups excluding carboxylic acids is 5. The van der Waals surface area contributed by atoms with E-state index in [4.69, 9.17) is 14.2 Å². The van der Waals surface area contributed by atoms with Crippen LogP contribution in [0.4, 0.5) is 10.5 Å². The number of amides is 5. The number of alkyl carbamates (subject to hydrolysis) is 1. The van der Waals surface area contributed by atoms with Crippen molar-refractivity contribution in [3.63, 3.8) is 0 Å². The molecule has 5 rings (SSSR count). The summed E-state index contributed by atoms with van der Waals surface area (Å²) in [5.74, 6) is -3.62. The van der Waals surface area contributed by atoms with Gasteiger partial charge in [-0.15, -0.1) is 0 Å². The first-order valence-corrected chi connectivity index (χ1v) is 18.0. The average Bonchev–Trinajstić information content (AvgIpc) is 3.11. The quantitative estimate of drug-likeness (QED) is 0.122. The number of nitro groups is 1. The number of ether oxygens (including phenoxy) is 3. The highest BCUT2D eigenvalue weighted by molar-refractivity contribution is 5.95. The van der Waals surface area contributed by atoms with Crippen LogP contribution in [0.3, 0.4) is 0 Å². The molecule has 2 heterocycles. The van der Waals surface area contributed by atoms with Crippen LogP contribution in [0, 0.1) is 16.0 Å².